The van der Waals surface area contributed by atoms with Gasteiger partial charge in [0.1, 0.15) is 0 Å². The number of nitrogens with zero attached hydrogens (tertiary/aromatic N) is 1. The number of hydrogen-bond acceptors (Lipinski definition) is 0. The van der Waals surface area contributed by atoms with E-state index in [2.05, 4.69) is 14.0 Å². The first-order valence-corrected chi connectivity index (χ1v) is 5.09. The van der Waals surface area contributed by atoms with Gasteiger partial charge in [-0.2, -0.15) is 0 Å². The van der Waals surface area contributed by atoms with Crippen LogP contribution in [-0.2, 0) is 0 Å². The van der Waals surface area contributed by atoms with Crippen molar-refractivity contribution in [2.75, 3.05) is 20.1 Å². The molecule has 2 heteroatoms. The van der Waals surface area contributed by atoms with Crippen LogP contribution in [-0.4, -0.2) is 30.7 Å². The third-order valence-electron chi connectivity index (χ3n) is 3.80. The van der Waals surface area contributed by atoms with Gasteiger partial charge in [0.25, 0.3) is 0 Å². The molecule has 0 radical (unpaired) electrons. The number of rotatable bonds is 2. The van der Waals surface area contributed by atoms with E-state index in [-0.39, 0.29) is 24.0 Å². The van der Waals surface area contributed by atoms with Gasteiger partial charge in [0.05, 0.1) is 26.2 Å². The molecule has 0 aromatic rings. The molecule has 1 saturated heterocycles. The first kappa shape index (κ1) is 10.8. The molecule has 0 amide bonds. The van der Waals surface area contributed by atoms with Crippen LogP contribution in [0.4, 0.5) is 0 Å². The standard InChI is InChI=1S/C10H20N.HI/c1-3-6-11(2)8-9-4-5-10(11)7-9;/h9-10H,3-8H2,1-2H3;1H/q+1;/p-1/t9?,10?,11-;/m0./s1. The molecule has 3 atom stereocenters. The second-order valence-corrected chi connectivity index (χ2v) is 4.72. The van der Waals surface area contributed by atoms with E-state index in [1.165, 1.54) is 43.3 Å². The summed E-state index contributed by atoms with van der Waals surface area (Å²) in [6.07, 6.45) is 5.94. The van der Waals surface area contributed by atoms with Gasteiger partial charge in [-0.25, -0.2) is 0 Å². The van der Waals surface area contributed by atoms with E-state index in [1.807, 2.05) is 0 Å². The van der Waals surface area contributed by atoms with Crippen LogP contribution in [0.1, 0.15) is 32.6 Å². The molecule has 0 aromatic heterocycles. The van der Waals surface area contributed by atoms with Gasteiger partial charge in [-0.05, 0) is 19.3 Å². The van der Waals surface area contributed by atoms with Gasteiger partial charge < -0.3 is 28.5 Å². The van der Waals surface area contributed by atoms with Crippen molar-refractivity contribution in [1.82, 2.24) is 0 Å². The van der Waals surface area contributed by atoms with Gasteiger partial charge in [0.2, 0.25) is 0 Å². The summed E-state index contributed by atoms with van der Waals surface area (Å²) in [5.41, 5.74) is 0. The highest BCUT2D eigenvalue weighted by atomic mass is 127. The molecule has 1 nitrogen and oxygen atoms in total. The summed E-state index contributed by atoms with van der Waals surface area (Å²) in [6.45, 7) is 5.22. The minimum atomic E-state index is 0. The van der Waals surface area contributed by atoms with Gasteiger partial charge in [0.15, 0.2) is 0 Å². The Morgan fingerprint density at radius 3 is 2.50 bits per heavy atom. The lowest BCUT2D eigenvalue weighted by atomic mass is 10.1. The topological polar surface area (TPSA) is 0 Å². The Bertz CT molecular complexity index is 160. The van der Waals surface area contributed by atoms with E-state index in [4.69, 9.17) is 0 Å². The smallest absolute Gasteiger partial charge is 0.0893 e. The summed E-state index contributed by atoms with van der Waals surface area (Å²) in [7, 11) is 2.47. The zero-order valence-electron chi connectivity index (χ0n) is 8.22. The minimum Gasteiger partial charge on any atom is -1.00 e. The van der Waals surface area contributed by atoms with Gasteiger partial charge in [0, 0.05) is 12.3 Å². The van der Waals surface area contributed by atoms with Crippen LogP contribution < -0.4 is 24.0 Å². The Hall–Kier alpha value is 0.690. The highest BCUT2D eigenvalue weighted by Gasteiger charge is 2.47. The monoisotopic (exact) mass is 281 g/mol. The second kappa shape index (κ2) is 3.82. The van der Waals surface area contributed by atoms with Crippen molar-refractivity contribution in [3.63, 3.8) is 0 Å². The van der Waals surface area contributed by atoms with Crippen LogP contribution in [0.25, 0.3) is 0 Å². The number of likely N-dealkylation sites (tertiary alicyclic amines) is 1. The number of hydrogen-bond donors (Lipinski definition) is 0. The molecular weight excluding hydrogens is 261 g/mol. The third kappa shape index (κ3) is 1.65. The lowest BCUT2D eigenvalue weighted by molar-refractivity contribution is -0.925. The quantitative estimate of drug-likeness (QED) is 0.451. The van der Waals surface area contributed by atoms with Crippen LogP contribution in [0.15, 0.2) is 0 Å². The molecule has 2 fully saturated rings. The van der Waals surface area contributed by atoms with E-state index in [0.29, 0.717) is 0 Å². The number of halogens is 1. The second-order valence-electron chi connectivity index (χ2n) is 4.72. The fraction of sp³-hybridized carbons (Fsp3) is 1.00. The fourth-order valence-electron chi connectivity index (χ4n) is 3.30. The molecule has 2 bridgehead atoms. The van der Waals surface area contributed by atoms with E-state index in [1.54, 1.807) is 0 Å². The molecule has 0 aromatic carbocycles. The average Bonchev–Trinajstić information content (AvgIpc) is 2.45. The van der Waals surface area contributed by atoms with Crippen molar-refractivity contribution in [1.29, 1.82) is 0 Å². The zero-order chi connectivity index (χ0) is 7.90. The van der Waals surface area contributed by atoms with E-state index in [0.717, 1.165) is 12.0 Å². The molecule has 2 rings (SSSR count). The predicted octanol–water partition coefficient (Wildman–Crippen LogP) is -0.971. The van der Waals surface area contributed by atoms with Gasteiger partial charge in [-0.3, -0.25) is 0 Å². The minimum absolute atomic E-state index is 0. The molecule has 1 heterocycles. The first-order chi connectivity index (χ1) is 5.24. The summed E-state index contributed by atoms with van der Waals surface area (Å²) >= 11 is 0. The molecule has 72 valence electrons. The summed E-state index contributed by atoms with van der Waals surface area (Å²) in [5, 5.41) is 0. The Balaban J connectivity index is 0.000000720. The maximum Gasteiger partial charge on any atom is 0.0893 e. The Kier molecular flexibility index (Phi) is 3.43. The van der Waals surface area contributed by atoms with Crippen LogP contribution in [0.2, 0.25) is 0 Å². The van der Waals surface area contributed by atoms with Crippen molar-refractivity contribution >= 4 is 0 Å². The van der Waals surface area contributed by atoms with Crippen LogP contribution >= 0.6 is 0 Å². The predicted molar refractivity (Wildman–Crippen MR) is 47.3 cm³/mol. The average molecular weight is 281 g/mol. The van der Waals surface area contributed by atoms with Gasteiger partial charge >= 0.3 is 0 Å². The Morgan fingerprint density at radius 2 is 2.08 bits per heavy atom. The zero-order valence-corrected chi connectivity index (χ0v) is 10.4. The highest BCUT2D eigenvalue weighted by molar-refractivity contribution is 4.83. The molecule has 1 aliphatic heterocycles. The van der Waals surface area contributed by atoms with Crippen molar-refractivity contribution in [2.24, 2.45) is 5.92 Å². The van der Waals surface area contributed by atoms with Crippen molar-refractivity contribution in [3.8, 4) is 0 Å². The molecule has 0 spiro atoms. The lowest BCUT2D eigenvalue weighted by Crippen LogP contribution is -3.00. The third-order valence-corrected chi connectivity index (χ3v) is 3.80. The van der Waals surface area contributed by atoms with Gasteiger partial charge in [-0.1, -0.05) is 6.92 Å². The van der Waals surface area contributed by atoms with Crippen molar-refractivity contribution in [3.05, 3.63) is 0 Å². The summed E-state index contributed by atoms with van der Waals surface area (Å²) in [5.74, 6) is 1.09. The summed E-state index contributed by atoms with van der Waals surface area (Å²) < 4.78 is 1.40. The molecule has 2 aliphatic rings. The van der Waals surface area contributed by atoms with E-state index < -0.39 is 0 Å². The highest BCUT2D eigenvalue weighted by Crippen LogP contribution is 2.41. The molecule has 2 unspecified atom stereocenters. The number of fused-ring (bicyclic) bond motifs is 2. The van der Waals surface area contributed by atoms with E-state index >= 15 is 0 Å². The van der Waals surface area contributed by atoms with E-state index in [9.17, 15) is 0 Å². The van der Waals surface area contributed by atoms with Crippen LogP contribution in [0.3, 0.4) is 0 Å². The maximum atomic E-state index is 2.47. The normalized spacial score (nSPS) is 44.5. The molecular formula is C10H20IN. The van der Waals surface area contributed by atoms with Gasteiger partial charge in [-0.15, -0.1) is 0 Å². The largest absolute Gasteiger partial charge is 1.00 e. The first-order valence-electron chi connectivity index (χ1n) is 5.09. The number of quaternary nitrogens is 1. The summed E-state index contributed by atoms with van der Waals surface area (Å²) in [4.78, 5) is 0. The van der Waals surface area contributed by atoms with Crippen LogP contribution in [0.5, 0.6) is 0 Å². The number of piperidine rings is 1. The molecule has 12 heavy (non-hydrogen) atoms. The SMILES string of the molecule is CCC[N@@+]1(C)CC2CCC1C2.[I-]. The Labute approximate surface area is 93.1 Å². The fourth-order valence-corrected chi connectivity index (χ4v) is 3.30. The summed E-state index contributed by atoms with van der Waals surface area (Å²) in [6, 6.07) is 1.04. The van der Waals surface area contributed by atoms with Crippen LogP contribution in [0, 0.1) is 5.92 Å². The van der Waals surface area contributed by atoms with Crippen molar-refractivity contribution in [2.45, 2.75) is 38.6 Å². The Morgan fingerprint density at radius 1 is 1.33 bits per heavy atom. The maximum absolute atomic E-state index is 2.47. The van der Waals surface area contributed by atoms with Crippen molar-refractivity contribution < 1.29 is 28.5 Å². The molecule has 0 N–H and O–H groups in total. The molecule has 1 saturated carbocycles. The molecule has 1 aliphatic carbocycles. The lowest BCUT2D eigenvalue weighted by Gasteiger charge is -2.38.